The van der Waals surface area contributed by atoms with Gasteiger partial charge in [-0.3, -0.25) is 4.90 Å². The lowest BCUT2D eigenvalue weighted by Crippen LogP contribution is -2.46. The van der Waals surface area contributed by atoms with Crippen molar-refractivity contribution in [1.82, 2.24) is 14.9 Å². The van der Waals surface area contributed by atoms with E-state index in [2.05, 4.69) is 34.8 Å². The summed E-state index contributed by atoms with van der Waals surface area (Å²) >= 11 is 6.30. The summed E-state index contributed by atoms with van der Waals surface area (Å²) in [6.45, 7) is 8.23. The van der Waals surface area contributed by atoms with Crippen LogP contribution >= 0.6 is 11.6 Å². The van der Waals surface area contributed by atoms with Crippen molar-refractivity contribution in [2.24, 2.45) is 0 Å². The number of imidazole rings is 1. The van der Waals surface area contributed by atoms with Crippen LogP contribution in [0.25, 0.3) is 0 Å². The SMILES string of the molecule is CCCCc1nc(Cl)c(CN2CCC3(C=C(C)CCO3)CC2)[nH]1. The molecule has 23 heavy (non-hydrogen) atoms. The number of piperidine rings is 1. The van der Waals surface area contributed by atoms with Crippen LogP contribution in [-0.2, 0) is 17.7 Å². The lowest BCUT2D eigenvalue weighted by atomic mass is 9.87. The number of aromatic nitrogens is 2. The highest BCUT2D eigenvalue weighted by Gasteiger charge is 2.35. The van der Waals surface area contributed by atoms with Gasteiger partial charge in [-0.1, -0.05) is 36.6 Å². The van der Waals surface area contributed by atoms with Gasteiger partial charge in [0.15, 0.2) is 5.15 Å². The van der Waals surface area contributed by atoms with Gasteiger partial charge in [0.2, 0.25) is 0 Å². The zero-order valence-corrected chi connectivity index (χ0v) is 15.1. The van der Waals surface area contributed by atoms with Crippen LogP contribution in [0, 0.1) is 0 Å². The van der Waals surface area contributed by atoms with Crippen LogP contribution < -0.4 is 0 Å². The van der Waals surface area contributed by atoms with Crippen molar-refractivity contribution >= 4 is 11.6 Å². The quantitative estimate of drug-likeness (QED) is 0.822. The molecule has 0 saturated carbocycles. The number of aromatic amines is 1. The predicted octanol–water partition coefficient (Wildman–Crippen LogP) is 4.11. The van der Waals surface area contributed by atoms with Crippen LogP contribution in [0.15, 0.2) is 11.6 Å². The topological polar surface area (TPSA) is 41.2 Å². The van der Waals surface area contributed by atoms with E-state index >= 15 is 0 Å². The zero-order chi connectivity index (χ0) is 16.3. The minimum atomic E-state index is -0.0110. The summed E-state index contributed by atoms with van der Waals surface area (Å²) in [6.07, 6.45) is 8.89. The van der Waals surface area contributed by atoms with E-state index in [1.165, 1.54) is 12.0 Å². The molecule has 1 aromatic rings. The van der Waals surface area contributed by atoms with Gasteiger partial charge >= 0.3 is 0 Å². The number of hydrogen-bond donors (Lipinski definition) is 1. The van der Waals surface area contributed by atoms with Gasteiger partial charge in [0, 0.05) is 26.1 Å². The number of likely N-dealkylation sites (tertiary alicyclic amines) is 1. The summed E-state index contributed by atoms with van der Waals surface area (Å²) < 4.78 is 6.10. The Morgan fingerprint density at radius 1 is 1.39 bits per heavy atom. The maximum atomic E-state index is 6.30. The minimum absolute atomic E-state index is 0.0110. The van der Waals surface area contributed by atoms with Gasteiger partial charge < -0.3 is 9.72 Å². The third-order valence-electron chi connectivity index (χ3n) is 5.02. The summed E-state index contributed by atoms with van der Waals surface area (Å²) in [5, 5.41) is 0.640. The van der Waals surface area contributed by atoms with Gasteiger partial charge in [-0.2, -0.15) is 0 Å². The van der Waals surface area contributed by atoms with E-state index in [0.717, 1.165) is 69.9 Å². The van der Waals surface area contributed by atoms with Crippen LogP contribution in [0.3, 0.4) is 0 Å². The van der Waals surface area contributed by atoms with E-state index in [9.17, 15) is 0 Å². The molecule has 0 amide bonds. The molecule has 1 fully saturated rings. The van der Waals surface area contributed by atoms with Crippen molar-refractivity contribution < 1.29 is 4.74 Å². The molecule has 0 bridgehead atoms. The lowest BCUT2D eigenvalue weighted by Gasteiger charge is -2.42. The Labute approximate surface area is 144 Å². The Kier molecular flexibility index (Phi) is 5.45. The average molecular weight is 338 g/mol. The maximum absolute atomic E-state index is 6.30. The Balaban J connectivity index is 1.56. The Morgan fingerprint density at radius 2 is 2.17 bits per heavy atom. The first-order chi connectivity index (χ1) is 11.1. The van der Waals surface area contributed by atoms with Gasteiger partial charge in [-0.15, -0.1) is 0 Å². The van der Waals surface area contributed by atoms with Crippen LogP contribution in [0.2, 0.25) is 5.15 Å². The van der Waals surface area contributed by atoms with Crippen molar-refractivity contribution in [3.63, 3.8) is 0 Å². The summed E-state index contributed by atoms with van der Waals surface area (Å²) in [4.78, 5) is 10.3. The first-order valence-electron chi connectivity index (χ1n) is 8.88. The molecule has 1 spiro atoms. The molecule has 2 aliphatic rings. The number of nitrogens with zero attached hydrogens (tertiary/aromatic N) is 2. The fourth-order valence-corrected chi connectivity index (χ4v) is 3.80. The second-order valence-electron chi connectivity index (χ2n) is 6.99. The van der Waals surface area contributed by atoms with E-state index < -0.39 is 0 Å². The first-order valence-corrected chi connectivity index (χ1v) is 9.26. The van der Waals surface area contributed by atoms with Gasteiger partial charge in [-0.25, -0.2) is 4.98 Å². The highest BCUT2D eigenvalue weighted by molar-refractivity contribution is 6.30. The van der Waals surface area contributed by atoms with E-state index in [1.807, 2.05) is 0 Å². The first kappa shape index (κ1) is 17.0. The molecule has 0 atom stereocenters. The average Bonchev–Trinajstić information content (AvgIpc) is 2.88. The number of halogens is 1. The molecule has 3 rings (SSSR count). The second-order valence-corrected chi connectivity index (χ2v) is 7.34. The van der Waals surface area contributed by atoms with Crippen molar-refractivity contribution in [1.29, 1.82) is 0 Å². The molecule has 1 N–H and O–H groups in total. The smallest absolute Gasteiger partial charge is 0.151 e. The third kappa shape index (κ3) is 4.17. The monoisotopic (exact) mass is 337 g/mol. The van der Waals surface area contributed by atoms with Crippen molar-refractivity contribution in [3.8, 4) is 0 Å². The fourth-order valence-electron chi connectivity index (χ4n) is 3.59. The summed E-state index contributed by atoms with van der Waals surface area (Å²) in [7, 11) is 0. The number of H-pyrrole nitrogens is 1. The predicted molar refractivity (Wildman–Crippen MR) is 93.8 cm³/mol. The molecular weight excluding hydrogens is 310 g/mol. The van der Waals surface area contributed by atoms with E-state index in [0.29, 0.717) is 5.15 Å². The van der Waals surface area contributed by atoms with E-state index in [4.69, 9.17) is 16.3 Å². The van der Waals surface area contributed by atoms with Gasteiger partial charge in [0.25, 0.3) is 0 Å². The number of aryl methyl sites for hydroxylation is 1. The number of rotatable bonds is 5. The van der Waals surface area contributed by atoms with Crippen LogP contribution in [0.1, 0.15) is 57.5 Å². The van der Waals surface area contributed by atoms with Crippen LogP contribution in [-0.4, -0.2) is 40.2 Å². The highest BCUT2D eigenvalue weighted by Crippen LogP contribution is 2.33. The molecule has 1 saturated heterocycles. The fraction of sp³-hybridized carbons (Fsp3) is 0.722. The molecule has 4 nitrogen and oxygen atoms in total. The Bertz CT molecular complexity index is 559. The summed E-state index contributed by atoms with van der Waals surface area (Å²) in [6, 6.07) is 0. The number of hydrogen-bond acceptors (Lipinski definition) is 3. The zero-order valence-electron chi connectivity index (χ0n) is 14.3. The molecule has 0 radical (unpaired) electrons. The molecule has 0 aliphatic carbocycles. The molecule has 1 aromatic heterocycles. The number of nitrogens with one attached hydrogen (secondary N) is 1. The van der Waals surface area contributed by atoms with Crippen LogP contribution in [0.4, 0.5) is 0 Å². The molecule has 2 aliphatic heterocycles. The molecule has 0 unspecified atom stereocenters. The molecular formula is C18H28ClN3O. The van der Waals surface area contributed by atoms with E-state index in [-0.39, 0.29) is 5.60 Å². The number of ether oxygens (including phenoxy) is 1. The van der Waals surface area contributed by atoms with Gasteiger partial charge in [-0.05, 0) is 32.6 Å². The van der Waals surface area contributed by atoms with Gasteiger partial charge in [0.05, 0.1) is 17.9 Å². The third-order valence-corrected chi connectivity index (χ3v) is 5.34. The summed E-state index contributed by atoms with van der Waals surface area (Å²) in [5.41, 5.74) is 2.52. The molecule has 3 heterocycles. The normalized spacial score (nSPS) is 21.6. The minimum Gasteiger partial charge on any atom is -0.370 e. The Morgan fingerprint density at radius 3 is 2.87 bits per heavy atom. The molecule has 5 heteroatoms. The van der Waals surface area contributed by atoms with E-state index in [1.54, 1.807) is 0 Å². The maximum Gasteiger partial charge on any atom is 0.151 e. The van der Waals surface area contributed by atoms with Crippen molar-refractivity contribution in [3.05, 3.63) is 28.3 Å². The van der Waals surface area contributed by atoms with Crippen molar-refractivity contribution in [2.75, 3.05) is 19.7 Å². The molecule has 0 aromatic carbocycles. The second kappa shape index (κ2) is 7.37. The largest absolute Gasteiger partial charge is 0.370 e. The number of unbranched alkanes of at least 4 members (excludes halogenated alkanes) is 1. The van der Waals surface area contributed by atoms with Gasteiger partial charge in [0.1, 0.15) is 5.82 Å². The Hall–Kier alpha value is -0.840. The summed E-state index contributed by atoms with van der Waals surface area (Å²) in [5.74, 6) is 1.02. The molecule has 128 valence electrons. The lowest BCUT2D eigenvalue weighted by molar-refractivity contribution is -0.0578. The standard InChI is InChI=1S/C18H28ClN3O/c1-3-4-5-16-20-15(17(19)21-16)13-22-9-7-18(8-10-22)12-14(2)6-11-23-18/h12H,3-11,13H2,1-2H3,(H,20,21). The van der Waals surface area contributed by atoms with Crippen LogP contribution in [0.5, 0.6) is 0 Å². The van der Waals surface area contributed by atoms with Crippen molar-refractivity contribution in [2.45, 2.75) is 64.5 Å². The highest BCUT2D eigenvalue weighted by atomic mass is 35.5.